The number of hydrogen-bond donors (Lipinski definition) is 1. The van der Waals surface area contributed by atoms with Crippen molar-refractivity contribution in [2.75, 3.05) is 0 Å². The minimum Gasteiger partial charge on any atom is -0.303 e. The van der Waals surface area contributed by atoms with Crippen LogP contribution in [0.15, 0.2) is 34.1 Å². The summed E-state index contributed by atoms with van der Waals surface area (Å²) in [5, 5.41) is 4.59. The minimum atomic E-state index is 0.262. The van der Waals surface area contributed by atoms with E-state index in [1.165, 1.54) is 39.1 Å². The average molecular weight is 371 g/mol. The summed E-state index contributed by atoms with van der Waals surface area (Å²) in [7, 11) is 0. The quantitative estimate of drug-likeness (QED) is 0.710. The zero-order chi connectivity index (χ0) is 14.1. The zero-order valence-corrected chi connectivity index (χ0v) is 14.5. The average Bonchev–Trinajstić information content (AvgIpc) is 2.80. The van der Waals surface area contributed by atoms with Crippen molar-refractivity contribution in [1.29, 1.82) is 0 Å². The smallest absolute Gasteiger partial charge is 0.0704 e. The molecule has 1 aliphatic rings. The van der Waals surface area contributed by atoms with E-state index in [2.05, 4.69) is 40.3 Å². The van der Waals surface area contributed by atoms with E-state index in [-0.39, 0.29) is 6.04 Å². The van der Waals surface area contributed by atoms with E-state index in [0.29, 0.717) is 6.04 Å². The Hall–Kier alpha value is -0.350. The second-order valence-electron chi connectivity index (χ2n) is 5.28. The Morgan fingerprint density at radius 2 is 2.20 bits per heavy atom. The van der Waals surface area contributed by atoms with Gasteiger partial charge in [0.1, 0.15) is 0 Å². The minimum absolute atomic E-state index is 0.262. The summed E-state index contributed by atoms with van der Waals surface area (Å²) < 4.78 is 1.24. The first-order chi connectivity index (χ1) is 9.65. The Morgan fingerprint density at radius 3 is 3.00 bits per heavy atom. The molecule has 0 fully saturated rings. The molecule has 0 aliphatic heterocycles. The lowest BCUT2D eigenvalue weighted by atomic mass is 9.93. The molecule has 0 saturated carbocycles. The molecule has 2 aromatic rings. The first-order valence-corrected chi connectivity index (χ1v) is 8.92. The summed E-state index contributed by atoms with van der Waals surface area (Å²) in [6, 6.07) is 11.1. The lowest BCUT2D eigenvalue weighted by Crippen LogP contribution is -2.27. The highest BCUT2D eigenvalue weighted by Crippen LogP contribution is 2.39. The molecule has 106 valence electrons. The van der Waals surface area contributed by atoms with Gasteiger partial charge in [-0.05, 0) is 65.4 Å². The van der Waals surface area contributed by atoms with Gasteiger partial charge in [-0.1, -0.05) is 29.8 Å². The lowest BCUT2D eigenvalue weighted by molar-refractivity contribution is 0.418. The van der Waals surface area contributed by atoms with E-state index in [1.807, 2.05) is 29.5 Å². The van der Waals surface area contributed by atoms with Crippen molar-refractivity contribution in [3.05, 3.63) is 55.1 Å². The van der Waals surface area contributed by atoms with Gasteiger partial charge in [-0.3, -0.25) is 0 Å². The molecule has 1 heterocycles. The number of rotatable bonds is 3. The van der Waals surface area contributed by atoms with Gasteiger partial charge in [0, 0.05) is 22.0 Å². The summed E-state index contributed by atoms with van der Waals surface area (Å²) in [4.78, 5) is 1.52. The van der Waals surface area contributed by atoms with Crippen molar-refractivity contribution in [1.82, 2.24) is 5.32 Å². The predicted octanol–water partition coefficient (Wildman–Crippen LogP) is 5.89. The Morgan fingerprint density at radius 1 is 1.40 bits per heavy atom. The third-order valence-electron chi connectivity index (χ3n) is 3.91. The highest BCUT2D eigenvalue weighted by molar-refractivity contribution is 9.11. The standard InChI is InChI=1S/C16H17BrClNS/c1-10(11-5-2-3-6-13(11)18)19-14-7-4-8-15-12(14)9-16(17)20-15/h2-3,5-6,9-10,14,19H,4,7-8H2,1H3. The van der Waals surface area contributed by atoms with Crippen LogP contribution < -0.4 is 5.32 Å². The number of hydrogen-bond acceptors (Lipinski definition) is 2. The monoisotopic (exact) mass is 369 g/mol. The molecule has 0 radical (unpaired) electrons. The molecule has 1 nitrogen and oxygen atoms in total. The number of benzene rings is 1. The number of fused-ring (bicyclic) bond motifs is 1. The van der Waals surface area contributed by atoms with Crippen molar-refractivity contribution in [3.63, 3.8) is 0 Å². The lowest BCUT2D eigenvalue weighted by Gasteiger charge is -2.27. The molecule has 0 spiro atoms. The maximum absolute atomic E-state index is 6.30. The first kappa shape index (κ1) is 14.6. The summed E-state index contributed by atoms with van der Waals surface area (Å²) in [6.45, 7) is 2.19. The molecule has 20 heavy (non-hydrogen) atoms. The van der Waals surface area contributed by atoms with Crippen LogP contribution in [0, 0.1) is 0 Å². The van der Waals surface area contributed by atoms with Crippen LogP contribution >= 0.6 is 38.9 Å². The normalized spacial score (nSPS) is 19.6. The van der Waals surface area contributed by atoms with Crippen molar-refractivity contribution >= 4 is 38.9 Å². The van der Waals surface area contributed by atoms with Gasteiger partial charge >= 0.3 is 0 Å². The molecule has 1 aromatic heterocycles. The third kappa shape index (κ3) is 2.96. The third-order valence-corrected chi connectivity index (χ3v) is 5.96. The zero-order valence-electron chi connectivity index (χ0n) is 11.3. The summed E-state index contributed by atoms with van der Waals surface area (Å²) >= 11 is 11.8. The molecule has 1 aliphatic carbocycles. The van der Waals surface area contributed by atoms with Crippen molar-refractivity contribution in [3.8, 4) is 0 Å². The van der Waals surface area contributed by atoms with Crippen LogP contribution in [-0.2, 0) is 6.42 Å². The van der Waals surface area contributed by atoms with E-state index in [0.717, 1.165) is 5.02 Å². The van der Waals surface area contributed by atoms with Crippen molar-refractivity contribution < 1.29 is 0 Å². The number of thiophene rings is 1. The van der Waals surface area contributed by atoms with E-state index in [9.17, 15) is 0 Å². The van der Waals surface area contributed by atoms with E-state index < -0.39 is 0 Å². The van der Waals surface area contributed by atoms with E-state index >= 15 is 0 Å². The summed E-state index contributed by atoms with van der Waals surface area (Å²) in [6.07, 6.45) is 3.67. The number of halogens is 2. The van der Waals surface area contributed by atoms with Gasteiger partial charge < -0.3 is 5.32 Å². The SMILES string of the molecule is CC(NC1CCCc2sc(Br)cc21)c1ccccc1Cl. The van der Waals surface area contributed by atoms with Crippen molar-refractivity contribution in [2.24, 2.45) is 0 Å². The van der Waals surface area contributed by atoms with Crippen LogP contribution in [0.4, 0.5) is 0 Å². The van der Waals surface area contributed by atoms with Gasteiger partial charge in [-0.25, -0.2) is 0 Å². The highest BCUT2D eigenvalue weighted by Gasteiger charge is 2.24. The van der Waals surface area contributed by atoms with E-state index in [4.69, 9.17) is 11.6 Å². The van der Waals surface area contributed by atoms with Crippen LogP contribution in [0.25, 0.3) is 0 Å². The maximum Gasteiger partial charge on any atom is 0.0704 e. The molecule has 3 rings (SSSR count). The summed E-state index contributed by atoms with van der Waals surface area (Å²) in [5.74, 6) is 0. The van der Waals surface area contributed by atoms with Crippen LogP contribution in [0.2, 0.25) is 5.02 Å². The highest BCUT2D eigenvalue weighted by atomic mass is 79.9. The van der Waals surface area contributed by atoms with E-state index in [1.54, 1.807) is 0 Å². The largest absolute Gasteiger partial charge is 0.303 e. The predicted molar refractivity (Wildman–Crippen MR) is 90.7 cm³/mol. The van der Waals surface area contributed by atoms with Crippen LogP contribution in [0.3, 0.4) is 0 Å². The van der Waals surface area contributed by atoms with Gasteiger partial charge in [-0.15, -0.1) is 11.3 Å². The Kier molecular flexibility index (Phi) is 4.51. The Bertz CT molecular complexity index is 610. The molecular formula is C16H17BrClNS. The molecular weight excluding hydrogens is 354 g/mol. The fraction of sp³-hybridized carbons (Fsp3) is 0.375. The molecule has 1 N–H and O–H groups in total. The second kappa shape index (κ2) is 6.18. The van der Waals surface area contributed by atoms with Gasteiger partial charge in [-0.2, -0.15) is 0 Å². The maximum atomic E-state index is 6.30. The van der Waals surface area contributed by atoms with Gasteiger partial charge in [0.05, 0.1) is 3.79 Å². The summed E-state index contributed by atoms with van der Waals surface area (Å²) in [5.41, 5.74) is 2.64. The van der Waals surface area contributed by atoms with Crippen molar-refractivity contribution in [2.45, 2.75) is 38.3 Å². The van der Waals surface area contributed by atoms with Crippen LogP contribution in [0.5, 0.6) is 0 Å². The molecule has 0 bridgehead atoms. The molecule has 2 atom stereocenters. The first-order valence-electron chi connectivity index (χ1n) is 6.93. The topological polar surface area (TPSA) is 12.0 Å². The molecule has 4 heteroatoms. The Balaban J connectivity index is 1.80. The molecule has 2 unspecified atom stereocenters. The molecule has 1 aromatic carbocycles. The van der Waals surface area contributed by atoms with Crippen LogP contribution in [-0.4, -0.2) is 0 Å². The molecule has 0 saturated heterocycles. The fourth-order valence-corrected chi connectivity index (χ4v) is 5.03. The Labute approximate surface area is 137 Å². The van der Waals surface area contributed by atoms with Gasteiger partial charge in [0.15, 0.2) is 0 Å². The fourth-order valence-electron chi connectivity index (χ4n) is 2.91. The van der Waals surface area contributed by atoms with Gasteiger partial charge in [0.25, 0.3) is 0 Å². The van der Waals surface area contributed by atoms with Gasteiger partial charge in [0.2, 0.25) is 0 Å². The molecule has 0 amide bonds. The van der Waals surface area contributed by atoms with Crippen LogP contribution in [0.1, 0.15) is 47.9 Å². The number of aryl methyl sites for hydroxylation is 1. The number of nitrogens with one attached hydrogen (secondary N) is 1. The second-order valence-corrected chi connectivity index (χ2v) is 8.21.